The van der Waals surface area contributed by atoms with E-state index in [4.69, 9.17) is 27.9 Å². The van der Waals surface area contributed by atoms with Gasteiger partial charge in [-0.2, -0.15) is 9.78 Å². The van der Waals surface area contributed by atoms with Gasteiger partial charge in [-0.05, 0) is 19.3 Å². The standard InChI is InChI=1S/C9H10Cl2N2O2/c10-6-5-12-13(9(14)8(6)11)7-3-1-2-4-15-7/h5,7H,1-4H2/t7-/m1/s1. The van der Waals surface area contributed by atoms with Crippen LogP contribution in [-0.4, -0.2) is 16.4 Å². The molecule has 0 bridgehead atoms. The highest BCUT2D eigenvalue weighted by Gasteiger charge is 2.19. The molecule has 0 spiro atoms. The summed E-state index contributed by atoms with van der Waals surface area (Å²) in [6.45, 7) is 0.652. The molecule has 1 saturated heterocycles. The lowest BCUT2D eigenvalue weighted by atomic mass is 10.2. The van der Waals surface area contributed by atoms with Crippen LogP contribution in [0.5, 0.6) is 0 Å². The second-order valence-electron chi connectivity index (χ2n) is 3.38. The van der Waals surface area contributed by atoms with Crippen molar-refractivity contribution in [3.63, 3.8) is 0 Å². The number of halogens is 2. The molecular weight excluding hydrogens is 239 g/mol. The molecule has 2 heterocycles. The number of ether oxygens (including phenoxy) is 1. The molecule has 0 N–H and O–H groups in total. The fourth-order valence-electron chi connectivity index (χ4n) is 1.55. The van der Waals surface area contributed by atoms with E-state index in [9.17, 15) is 4.79 Å². The number of nitrogens with zero attached hydrogens (tertiary/aromatic N) is 2. The molecule has 2 rings (SSSR count). The van der Waals surface area contributed by atoms with E-state index in [0.717, 1.165) is 19.3 Å². The zero-order valence-electron chi connectivity index (χ0n) is 7.95. The Kier molecular flexibility index (Phi) is 3.29. The summed E-state index contributed by atoms with van der Waals surface area (Å²) < 4.78 is 6.70. The van der Waals surface area contributed by atoms with Crippen molar-refractivity contribution in [1.29, 1.82) is 0 Å². The van der Waals surface area contributed by atoms with Crippen LogP contribution in [0.1, 0.15) is 25.5 Å². The van der Waals surface area contributed by atoms with Crippen molar-refractivity contribution in [3.8, 4) is 0 Å². The Balaban J connectivity index is 2.35. The normalized spacial score (nSPS) is 21.6. The van der Waals surface area contributed by atoms with Crippen LogP contribution in [0.25, 0.3) is 0 Å². The molecule has 1 aliphatic rings. The minimum Gasteiger partial charge on any atom is -0.356 e. The molecule has 6 heteroatoms. The lowest BCUT2D eigenvalue weighted by molar-refractivity contribution is -0.0424. The quantitative estimate of drug-likeness (QED) is 0.766. The van der Waals surface area contributed by atoms with Crippen molar-refractivity contribution >= 4 is 23.2 Å². The molecule has 0 aromatic carbocycles. The van der Waals surface area contributed by atoms with E-state index < -0.39 is 5.56 Å². The first kappa shape index (κ1) is 10.9. The van der Waals surface area contributed by atoms with Crippen molar-refractivity contribution in [1.82, 2.24) is 9.78 Å². The second-order valence-corrected chi connectivity index (χ2v) is 4.16. The number of aromatic nitrogens is 2. The molecule has 0 saturated carbocycles. The molecule has 0 radical (unpaired) electrons. The van der Waals surface area contributed by atoms with Gasteiger partial charge in [0, 0.05) is 6.61 Å². The van der Waals surface area contributed by atoms with Gasteiger partial charge in [0.05, 0.1) is 11.2 Å². The largest absolute Gasteiger partial charge is 0.356 e. The second kappa shape index (κ2) is 4.51. The first-order valence-corrected chi connectivity index (χ1v) is 5.50. The van der Waals surface area contributed by atoms with E-state index in [1.807, 2.05) is 0 Å². The maximum atomic E-state index is 11.7. The summed E-state index contributed by atoms with van der Waals surface area (Å²) in [7, 11) is 0. The van der Waals surface area contributed by atoms with Crippen LogP contribution in [0.2, 0.25) is 10.0 Å². The molecule has 15 heavy (non-hydrogen) atoms. The van der Waals surface area contributed by atoms with Crippen LogP contribution in [0, 0.1) is 0 Å². The van der Waals surface area contributed by atoms with Crippen molar-refractivity contribution in [2.75, 3.05) is 6.61 Å². The SMILES string of the molecule is O=c1c(Cl)c(Cl)cnn1[C@H]1CCCCO1. The van der Waals surface area contributed by atoms with Gasteiger partial charge in [-0.15, -0.1) is 0 Å². The van der Waals surface area contributed by atoms with Crippen molar-refractivity contribution in [2.24, 2.45) is 0 Å². The Morgan fingerprint density at radius 2 is 2.27 bits per heavy atom. The zero-order valence-corrected chi connectivity index (χ0v) is 9.46. The maximum Gasteiger partial charge on any atom is 0.289 e. The van der Waals surface area contributed by atoms with Crippen molar-refractivity contribution in [2.45, 2.75) is 25.5 Å². The highest BCUT2D eigenvalue weighted by atomic mass is 35.5. The smallest absolute Gasteiger partial charge is 0.289 e. The van der Waals surface area contributed by atoms with Crippen LogP contribution in [0.4, 0.5) is 0 Å². The maximum absolute atomic E-state index is 11.7. The third kappa shape index (κ3) is 2.17. The summed E-state index contributed by atoms with van der Waals surface area (Å²) >= 11 is 11.4. The molecular formula is C9H10Cl2N2O2. The van der Waals surface area contributed by atoms with E-state index in [1.54, 1.807) is 0 Å². The Morgan fingerprint density at radius 1 is 1.47 bits per heavy atom. The fourth-order valence-corrected chi connectivity index (χ4v) is 1.81. The molecule has 1 aromatic heterocycles. The summed E-state index contributed by atoms with van der Waals surface area (Å²) in [4.78, 5) is 11.7. The average Bonchev–Trinajstić information content (AvgIpc) is 2.27. The minimum atomic E-state index is -0.393. The predicted octanol–water partition coefficient (Wildman–Crippen LogP) is 2.25. The molecule has 1 fully saturated rings. The van der Waals surface area contributed by atoms with Gasteiger partial charge in [0.25, 0.3) is 5.56 Å². The summed E-state index contributed by atoms with van der Waals surface area (Å²) in [5.74, 6) is 0. The van der Waals surface area contributed by atoms with Crippen LogP contribution in [0.3, 0.4) is 0 Å². The van der Waals surface area contributed by atoms with Crippen LogP contribution < -0.4 is 5.56 Å². The van der Waals surface area contributed by atoms with Gasteiger partial charge in [-0.3, -0.25) is 4.79 Å². The van der Waals surface area contributed by atoms with Gasteiger partial charge < -0.3 is 4.74 Å². The predicted molar refractivity (Wildman–Crippen MR) is 57.4 cm³/mol. The van der Waals surface area contributed by atoms with E-state index in [1.165, 1.54) is 10.9 Å². The summed E-state index contributed by atoms with van der Waals surface area (Å²) in [5, 5.41) is 4.10. The zero-order chi connectivity index (χ0) is 10.8. The Labute approximate surface area is 96.7 Å². The third-order valence-corrected chi connectivity index (χ3v) is 3.08. The third-order valence-electron chi connectivity index (χ3n) is 2.33. The molecule has 82 valence electrons. The first-order chi connectivity index (χ1) is 7.20. The highest BCUT2D eigenvalue weighted by Crippen LogP contribution is 2.22. The van der Waals surface area contributed by atoms with Crippen LogP contribution in [-0.2, 0) is 4.74 Å². The Hall–Kier alpha value is -0.580. The van der Waals surface area contributed by atoms with Gasteiger partial charge in [-0.25, -0.2) is 0 Å². The number of hydrogen-bond donors (Lipinski definition) is 0. The lowest BCUT2D eigenvalue weighted by Gasteiger charge is -2.23. The fraction of sp³-hybridized carbons (Fsp3) is 0.556. The van der Waals surface area contributed by atoms with Gasteiger partial charge in [0.15, 0.2) is 6.23 Å². The molecule has 1 aromatic rings. The molecule has 0 aliphatic carbocycles. The topological polar surface area (TPSA) is 44.1 Å². The average molecular weight is 249 g/mol. The van der Waals surface area contributed by atoms with E-state index in [0.29, 0.717) is 6.61 Å². The van der Waals surface area contributed by atoms with E-state index in [-0.39, 0.29) is 16.3 Å². The van der Waals surface area contributed by atoms with E-state index >= 15 is 0 Å². The van der Waals surface area contributed by atoms with Crippen molar-refractivity contribution in [3.05, 3.63) is 26.6 Å². The summed E-state index contributed by atoms with van der Waals surface area (Å²) in [6, 6.07) is 0. The van der Waals surface area contributed by atoms with Gasteiger partial charge >= 0.3 is 0 Å². The van der Waals surface area contributed by atoms with Crippen LogP contribution >= 0.6 is 23.2 Å². The van der Waals surface area contributed by atoms with Crippen LogP contribution in [0.15, 0.2) is 11.0 Å². The monoisotopic (exact) mass is 248 g/mol. The lowest BCUT2D eigenvalue weighted by Crippen LogP contribution is -2.31. The van der Waals surface area contributed by atoms with Gasteiger partial charge in [0.2, 0.25) is 0 Å². The molecule has 4 nitrogen and oxygen atoms in total. The Bertz CT molecular complexity index is 413. The van der Waals surface area contributed by atoms with Gasteiger partial charge in [-0.1, -0.05) is 23.2 Å². The molecule has 0 amide bonds. The molecule has 1 atom stereocenters. The Morgan fingerprint density at radius 3 is 2.93 bits per heavy atom. The molecule has 1 aliphatic heterocycles. The molecule has 0 unspecified atom stereocenters. The summed E-state index contributed by atoms with van der Waals surface area (Å²) in [5.41, 5.74) is -0.393. The van der Waals surface area contributed by atoms with E-state index in [2.05, 4.69) is 5.10 Å². The highest BCUT2D eigenvalue weighted by molar-refractivity contribution is 6.41. The number of rotatable bonds is 1. The summed E-state index contributed by atoms with van der Waals surface area (Å²) in [6.07, 6.45) is 3.89. The van der Waals surface area contributed by atoms with Crippen molar-refractivity contribution < 1.29 is 4.74 Å². The minimum absolute atomic E-state index is 0.000778. The van der Waals surface area contributed by atoms with Gasteiger partial charge in [0.1, 0.15) is 5.02 Å². The number of hydrogen-bond acceptors (Lipinski definition) is 3. The first-order valence-electron chi connectivity index (χ1n) is 4.74.